The molecule has 7 aromatic carbocycles. The molecule has 0 spiro atoms. The van der Waals surface area contributed by atoms with E-state index in [4.69, 9.17) is 30.6 Å². The van der Waals surface area contributed by atoms with Crippen LogP contribution in [0.4, 0.5) is 0 Å². The standard InChI is InChI=1S/C45H26N4O2/c1-2-11-27(12-3-1)43-46-44(48-45(47-43)29-21-22-34-32-16-5-8-19-39(32)50-41(34)24-29)28-13-10-14-30(23-28)49-37-18-7-4-15-31(37)35-25-36-33-17-6-9-20-40(33)51-42(36)26-38(35)49/h1-26H/i1D,2D,3D,11D,12D. The number of para-hydroxylation sites is 3. The van der Waals surface area contributed by atoms with E-state index in [0.29, 0.717) is 16.7 Å². The average molecular weight is 660 g/mol. The van der Waals surface area contributed by atoms with Crippen molar-refractivity contribution in [1.82, 2.24) is 19.5 Å². The number of rotatable bonds is 4. The molecule has 0 aliphatic heterocycles. The van der Waals surface area contributed by atoms with Gasteiger partial charge in [-0.1, -0.05) is 103 Å². The number of fused-ring (bicyclic) bond motifs is 9. The summed E-state index contributed by atoms with van der Waals surface area (Å²) < 4.78 is 57.2. The smallest absolute Gasteiger partial charge is 0.164 e. The maximum atomic E-state index is 8.77. The Morgan fingerprint density at radius 3 is 1.78 bits per heavy atom. The van der Waals surface area contributed by atoms with E-state index < -0.39 is 30.2 Å². The van der Waals surface area contributed by atoms with Gasteiger partial charge in [0, 0.05) is 60.8 Å². The molecule has 11 aromatic rings. The van der Waals surface area contributed by atoms with Crippen molar-refractivity contribution in [3.05, 3.63) is 158 Å². The number of aromatic nitrogens is 4. The van der Waals surface area contributed by atoms with Crippen molar-refractivity contribution < 1.29 is 15.7 Å². The van der Waals surface area contributed by atoms with Crippen LogP contribution >= 0.6 is 0 Å². The van der Waals surface area contributed by atoms with Gasteiger partial charge in [0.15, 0.2) is 17.5 Å². The van der Waals surface area contributed by atoms with Gasteiger partial charge in [0.05, 0.1) is 17.9 Å². The van der Waals surface area contributed by atoms with Crippen molar-refractivity contribution in [3.8, 4) is 39.9 Å². The molecule has 0 atom stereocenters. The summed E-state index contributed by atoms with van der Waals surface area (Å²) in [6, 6.07) is 39.7. The molecule has 0 unspecified atom stereocenters. The molecule has 0 saturated carbocycles. The van der Waals surface area contributed by atoms with Gasteiger partial charge in [0.25, 0.3) is 0 Å². The fourth-order valence-corrected chi connectivity index (χ4v) is 7.22. The largest absolute Gasteiger partial charge is 0.456 e. The van der Waals surface area contributed by atoms with E-state index in [1.807, 2.05) is 97.1 Å². The normalized spacial score (nSPS) is 13.3. The summed E-state index contributed by atoms with van der Waals surface area (Å²) in [6.07, 6.45) is 0. The van der Waals surface area contributed by atoms with E-state index in [-0.39, 0.29) is 23.0 Å². The fourth-order valence-electron chi connectivity index (χ4n) is 7.22. The predicted octanol–water partition coefficient (Wildman–Crippen LogP) is 11.8. The zero-order valence-corrected chi connectivity index (χ0v) is 26.7. The average Bonchev–Trinajstić information content (AvgIpc) is 3.90. The summed E-state index contributed by atoms with van der Waals surface area (Å²) in [5.41, 5.74) is 6.96. The minimum Gasteiger partial charge on any atom is -0.456 e. The van der Waals surface area contributed by atoms with Crippen LogP contribution in [0.3, 0.4) is 0 Å². The van der Waals surface area contributed by atoms with Crippen LogP contribution in [0.1, 0.15) is 6.85 Å². The Morgan fingerprint density at radius 1 is 0.412 bits per heavy atom. The molecule has 6 nitrogen and oxygen atoms in total. The van der Waals surface area contributed by atoms with Crippen molar-refractivity contribution >= 4 is 65.7 Å². The number of hydrogen-bond acceptors (Lipinski definition) is 5. The number of benzene rings is 7. The van der Waals surface area contributed by atoms with Crippen molar-refractivity contribution in [2.24, 2.45) is 0 Å². The topological polar surface area (TPSA) is 69.9 Å². The van der Waals surface area contributed by atoms with Crippen LogP contribution in [0.15, 0.2) is 166 Å². The quantitative estimate of drug-likeness (QED) is 0.188. The van der Waals surface area contributed by atoms with Crippen molar-refractivity contribution in [1.29, 1.82) is 0 Å². The van der Waals surface area contributed by atoms with E-state index in [1.165, 1.54) is 0 Å². The van der Waals surface area contributed by atoms with E-state index in [2.05, 4.69) is 34.9 Å². The van der Waals surface area contributed by atoms with Gasteiger partial charge in [-0.3, -0.25) is 0 Å². The Balaban J connectivity index is 1.14. The summed E-state index contributed by atoms with van der Waals surface area (Å²) in [5, 5.41) is 6.19. The van der Waals surface area contributed by atoms with Crippen LogP contribution in [-0.4, -0.2) is 19.5 Å². The monoisotopic (exact) mass is 659 g/mol. The molecule has 0 fully saturated rings. The number of hydrogen-bond donors (Lipinski definition) is 0. The number of furan rings is 2. The highest BCUT2D eigenvalue weighted by Gasteiger charge is 2.18. The molecular formula is C45H26N4O2. The Kier molecular flexibility index (Phi) is 4.91. The van der Waals surface area contributed by atoms with Crippen molar-refractivity contribution in [3.63, 3.8) is 0 Å². The number of nitrogens with zero attached hydrogens (tertiary/aromatic N) is 4. The third kappa shape index (κ3) is 4.33. The van der Waals surface area contributed by atoms with Crippen molar-refractivity contribution in [2.75, 3.05) is 0 Å². The Labute approximate surface area is 297 Å². The van der Waals surface area contributed by atoms with E-state index in [0.717, 1.165) is 65.8 Å². The minimum absolute atomic E-state index is 0.0405. The first-order valence-electron chi connectivity index (χ1n) is 19.0. The molecule has 11 rings (SSSR count). The summed E-state index contributed by atoms with van der Waals surface area (Å²) in [7, 11) is 0. The maximum absolute atomic E-state index is 8.77. The minimum atomic E-state index is -0.493. The second kappa shape index (κ2) is 10.7. The van der Waals surface area contributed by atoms with Gasteiger partial charge in [-0.05, 0) is 48.5 Å². The predicted molar refractivity (Wildman–Crippen MR) is 205 cm³/mol. The summed E-state index contributed by atoms with van der Waals surface area (Å²) in [6.45, 7) is 0. The highest BCUT2D eigenvalue weighted by Crippen LogP contribution is 2.39. The summed E-state index contributed by atoms with van der Waals surface area (Å²) in [5.74, 6) is 0.485. The molecule has 0 bridgehead atoms. The molecule has 0 radical (unpaired) electrons. The first-order valence-corrected chi connectivity index (χ1v) is 16.5. The molecule has 4 aromatic heterocycles. The zero-order chi connectivity index (χ0) is 37.8. The lowest BCUT2D eigenvalue weighted by Crippen LogP contribution is -2.01. The van der Waals surface area contributed by atoms with Gasteiger partial charge in [0.1, 0.15) is 22.3 Å². The van der Waals surface area contributed by atoms with Gasteiger partial charge in [-0.2, -0.15) is 0 Å². The summed E-state index contributed by atoms with van der Waals surface area (Å²) in [4.78, 5) is 14.5. The van der Waals surface area contributed by atoms with E-state index in [9.17, 15) is 0 Å². The van der Waals surface area contributed by atoms with Gasteiger partial charge >= 0.3 is 0 Å². The van der Waals surface area contributed by atoms with Crippen LogP contribution in [-0.2, 0) is 0 Å². The van der Waals surface area contributed by atoms with Crippen molar-refractivity contribution in [2.45, 2.75) is 0 Å². The van der Waals surface area contributed by atoms with Gasteiger partial charge in [-0.15, -0.1) is 0 Å². The zero-order valence-electron chi connectivity index (χ0n) is 31.7. The Morgan fingerprint density at radius 2 is 1.02 bits per heavy atom. The highest BCUT2D eigenvalue weighted by atomic mass is 16.3. The summed E-state index contributed by atoms with van der Waals surface area (Å²) >= 11 is 0. The van der Waals surface area contributed by atoms with Gasteiger partial charge in [-0.25, -0.2) is 15.0 Å². The first-order chi connectivity index (χ1) is 27.3. The molecule has 238 valence electrons. The van der Waals surface area contributed by atoms with Crippen LogP contribution < -0.4 is 0 Å². The van der Waals surface area contributed by atoms with E-state index in [1.54, 1.807) is 0 Å². The first kappa shape index (κ1) is 23.3. The highest BCUT2D eigenvalue weighted by molar-refractivity contribution is 6.17. The Bertz CT molecular complexity index is 3430. The molecule has 0 aliphatic carbocycles. The van der Waals surface area contributed by atoms with Crippen LogP contribution in [0, 0.1) is 0 Å². The molecule has 0 N–H and O–H groups in total. The van der Waals surface area contributed by atoms with Gasteiger partial charge < -0.3 is 13.4 Å². The van der Waals surface area contributed by atoms with Crippen LogP contribution in [0.5, 0.6) is 0 Å². The second-order valence-corrected chi connectivity index (χ2v) is 12.5. The van der Waals surface area contributed by atoms with Gasteiger partial charge in [0.2, 0.25) is 0 Å². The van der Waals surface area contributed by atoms with Crippen LogP contribution in [0.2, 0.25) is 0 Å². The molecular weight excluding hydrogens is 629 g/mol. The molecule has 6 heteroatoms. The van der Waals surface area contributed by atoms with E-state index >= 15 is 0 Å². The lowest BCUT2D eigenvalue weighted by atomic mass is 10.1. The SMILES string of the molecule is [2H]c1c([2H])c([2H])c(-c2nc(-c3cccc(-n4c5ccccc5c5cc6c(cc54)oc4ccccc46)c3)nc(-c3ccc4c(c3)oc3ccccc34)n2)c([2H])c1[2H]. The lowest BCUT2D eigenvalue weighted by molar-refractivity contribution is 0.668. The fraction of sp³-hybridized carbons (Fsp3) is 0. The molecule has 0 amide bonds. The maximum Gasteiger partial charge on any atom is 0.164 e. The third-order valence-corrected chi connectivity index (χ3v) is 9.53. The molecule has 0 aliphatic rings. The second-order valence-electron chi connectivity index (χ2n) is 12.5. The molecule has 51 heavy (non-hydrogen) atoms. The van der Waals surface area contributed by atoms with Crippen LogP contribution in [0.25, 0.3) is 106 Å². The third-order valence-electron chi connectivity index (χ3n) is 9.53. The lowest BCUT2D eigenvalue weighted by Gasteiger charge is -2.11. The Hall–Kier alpha value is -7.05. The molecule has 4 heterocycles. The molecule has 0 saturated heterocycles.